The van der Waals surface area contributed by atoms with Gasteiger partial charge in [0.2, 0.25) is 0 Å². The molecule has 178 valence electrons. The summed E-state index contributed by atoms with van der Waals surface area (Å²) in [5.74, 6) is -0.966. The third kappa shape index (κ3) is 6.49. The topological polar surface area (TPSA) is 106 Å². The van der Waals surface area contributed by atoms with E-state index in [9.17, 15) is 18.0 Å². The summed E-state index contributed by atoms with van der Waals surface area (Å²) in [4.78, 5) is 23.9. The highest BCUT2D eigenvalue weighted by atomic mass is 79.9. The fraction of sp³-hybridized carbons (Fsp3) is 0.130. The Morgan fingerprint density at radius 1 is 1.15 bits per heavy atom. The standard InChI is InChI=1S/C23H20BrClN2O6S/c1-2-27(17-6-4-3-5-7-17)34(30,31)20-14-16(8-11-19(20)25)26-22(28)15-32-23(29)13-10-18-9-12-21(24)33-18/h3-14H,2,15H2,1H3,(H,26,28)/b13-10+. The van der Waals surface area contributed by atoms with Gasteiger partial charge in [-0.25, -0.2) is 13.2 Å². The average Bonchev–Trinajstić information content (AvgIpc) is 3.23. The minimum atomic E-state index is -4.01. The first-order chi connectivity index (χ1) is 16.2. The first kappa shape index (κ1) is 25.5. The minimum Gasteiger partial charge on any atom is -0.452 e. The number of hydrogen-bond donors (Lipinski definition) is 1. The van der Waals surface area contributed by atoms with Crippen molar-refractivity contribution in [2.75, 3.05) is 22.8 Å². The molecule has 2 aromatic carbocycles. The molecular formula is C23H20BrClN2O6S. The van der Waals surface area contributed by atoms with E-state index in [1.54, 1.807) is 49.4 Å². The van der Waals surface area contributed by atoms with E-state index in [1.807, 2.05) is 0 Å². The maximum atomic E-state index is 13.3. The molecule has 8 nitrogen and oxygen atoms in total. The second kappa shape index (κ2) is 11.4. The zero-order chi connectivity index (χ0) is 24.7. The molecule has 0 unspecified atom stereocenters. The highest BCUT2D eigenvalue weighted by Crippen LogP contribution is 2.30. The molecule has 1 aromatic heterocycles. The van der Waals surface area contributed by atoms with E-state index in [2.05, 4.69) is 21.2 Å². The average molecular weight is 568 g/mol. The van der Waals surface area contributed by atoms with Crippen LogP contribution in [0.15, 0.2) is 80.7 Å². The van der Waals surface area contributed by atoms with Gasteiger partial charge in [0.15, 0.2) is 11.3 Å². The van der Waals surface area contributed by atoms with E-state index in [-0.39, 0.29) is 22.2 Å². The van der Waals surface area contributed by atoms with Gasteiger partial charge in [-0.05, 0) is 71.4 Å². The number of carbonyl (C=O) groups is 2. The van der Waals surface area contributed by atoms with Gasteiger partial charge in [0.05, 0.1) is 10.7 Å². The molecule has 34 heavy (non-hydrogen) atoms. The molecule has 0 aliphatic heterocycles. The van der Waals surface area contributed by atoms with Crippen molar-refractivity contribution in [1.29, 1.82) is 0 Å². The Kier molecular flexibility index (Phi) is 8.54. The zero-order valence-corrected chi connectivity index (χ0v) is 21.1. The summed E-state index contributed by atoms with van der Waals surface area (Å²) < 4.78 is 38.4. The van der Waals surface area contributed by atoms with Crippen LogP contribution in [0.25, 0.3) is 6.08 Å². The third-order valence-corrected chi connectivity index (χ3v) is 7.25. The lowest BCUT2D eigenvalue weighted by Crippen LogP contribution is -2.31. The van der Waals surface area contributed by atoms with Gasteiger partial charge in [-0.3, -0.25) is 9.10 Å². The molecule has 3 rings (SSSR count). The highest BCUT2D eigenvalue weighted by molar-refractivity contribution is 9.10. The van der Waals surface area contributed by atoms with Crippen molar-refractivity contribution >= 4 is 66.9 Å². The third-order valence-electron chi connectivity index (χ3n) is 4.44. The molecule has 0 radical (unpaired) electrons. The lowest BCUT2D eigenvalue weighted by atomic mass is 10.3. The van der Waals surface area contributed by atoms with Crippen LogP contribution in [0.2, 0.25) is 5.02 Å². The Balaban J connectivity index is 1.67. The van der Waals surface area contributed by atoms with Crippen molar-refractivity contribution in [2.45, 2.75) is 11.8 Å². The quantitative estimate of drug-likeness (QED) is 0.285. The number of hydrogen-bond acceptors (Lipinski definition) is 6. The van der Waals surface area contributed by atoms with Gasteiger partial charge < -0.3 is 14.5 Å². The number of nitrogens with one attached hydrogen (secondary N) is 1. The van der Waals surface area contributed by atoms with E-state index >= 15 is 0 Å². The van der Waals surface area contributed by atoms with Crippen LogP contribution in [-0.2, 0) is 24.3 Å². The van der Waals surface area contributed by atoms with E-state index in [1.165, 1.54) is 28.6 Å². The summed E-state index contributed by atoms with van der Waals surface area (Å²) >= 11 is 9.34. The monoisotopic (exact) mass is 566 g/mol. The predicted molar refractivity (Wildman–Crippen MR) is 133 cm³/mol. The Morgan fingerprint density at radius 2 is 1.88 bits per heavy atom. The molecule has 0 fully saturated rings. The summed E-state index contributed by atoms with van der Waals surface area (Å²) in [6, 6.07) is 16.0. The molecule has 0 aliphatic carbocycles. The van der Waals surface area contributed by atoms with Crippen LogP contribution in [-0.4, -0.2) is 33.4 Å². The number of benzene rings is 2. The van der Waals surface area contributed by atoms with Crippen LogP contribution >= 0.6 is 27.5 Å². The van der Waals surface area contributed by atoms with Gasteiger partial charge >= 0.3 is 5.97 Å². The van der Waals surface area contributed by atoms with Crippen LogP contribution in [0.3, 0.4) is 0 Å². The number of para-hydroxylation sites is 1. The summed E-state index contributed by atoms with van der Waals surface area (Å²) in [6.07, 6.45) is 2.52. The smallest absolute Gasteiger partial charge is 0.331 e. The fourth-order valence-corrected chi connectivity index (χ4v) is 5.23. The number of sulfonamides is 1. The molecule has 1 amide bonds. The Morgan fingerprint density at radius 3 is 2.53 bits per heavy atom. The minimum absolute atomic E-state index is 0.00788. The number of nitrogens with zero attached hydrogens (tertiary/aromatic N) is 1. The number of furan rings is 1. The van der Waals surface area contributed by atoms with E-state index < -0.39 is 28.5 Å². The number of anilines is 2. The number of carbonyl (C=O) groups excluding carboxylic acids is 2. The SMILES string of the molecule is CCN(c1ccccc1)S(=O)(=O)c1cc(NC(=O)COC(=O)/C=C/c2ccc(Br)o2)ccc1Cl. The van der Waals surface area contributed by atoms with Crippen molar-refractivity contribution in [3.05, 3.63) is 82.2 Å². The van der Waals surface area contributed by atoms with Gasteiger partial charge in [0.1, 0.15) is 10.7 Å². The molecule has 0 spiro atoms. The highest BCUT2D eigenvalue weighted by Gasteiger charge is 2.26. The van der Waals surface area contributed by atoms with Gasteiger partial charge in [-0.1, -0.05) is 29.8 Å². The number of halogens is 2. The normalized spacial score (nSPS) is 11.4. The summed E-state index contributed by atoms with van der Waals surface area (Å²) in [6.45, 7) is 1.32. The summed E-state index contributed by atoms with van der Waals surface area (Å²) in [5.41, 5.74) is 0.668. The molecular weight excluding hydrogens is 548 g/mol. The van der Waals surface area contributed by atoms with Crippen molar-refractivity contribution in [2.24, 2.45) is 0 Å². The molecule has 0 aliphatic rings. The predicted octanol–water partition coefficient (Wildman–Crippen LogP) is 5.11. The fourth-order valence-electron chi connectivity index (χ4n) is 2.93. The van der Waals surface area contributed by atoms with Crippen molar-refractivity contribution in [3.8, 4) is 0 Å². The lowest BCUT2D eigenvalue weighted by Gasteiger charge is -2.23. The maximum Gasteiger partial charge on any atom is 0.331 e. The second-order valence-corrected chi connectivity index (χ2v) is 9.80. The molecule has 0 atom stereocenters. The zero-order valence-electron chi connectivity index (χ0n) is 17.9. The van der Waals surface area contributed by atoms with Gasteiger partial charge in [0, 0.05) is 18.3 Å². The molecule has 3 aromatic rings. The molecule has 1 heterocycles. The van der Waals surface area contributed by atoms with Crippen molar-refractivity contribution < 1.29 is 27.2 Å². The molecule has 0 saturated carbocycles. The number of amides is 1. The van der Waals surface area contributed by atoms with Crippen LogP contribution in [0, 0.1) is 0 Å². The first-order valence-electron chi connectivity index (χ1n) is 9.98. The van der Waals surface area contributed by atoms with E-state index in [0.29, 0.717) is 16.1 Å². The number of esters is 1. The van der Waals surface area contributed by atoms with Crippen molar-refractivity contribution in [3.63, 3.8) is 0 Å². The van der Waals surface area contributed by atoms with E-state index in [4.69, 9.17) is 20.8 Å². The van der Waals surface area contributed by atoms with Gasteiger partial charge in [-0.15, -0.1) is 0 Å². The Bertz CT molecular complexity index is 1310. The molecule has 0 saturated heterocycles. The van der Waals surface area contributed by atoms with Crippen LogP contribution in [0.1, 0.15) is 12.7 Å². The molecule has 11 heteroatoms. The van der Waals surface area contributed by atoms with Crippen LogP contribution < -0.4 is 9.62 Å². The Labute approximate surface area is 210 Å². The summed E-state index contributed by atoms with van der Waals surface area (Å²) in [5, 5.41) is 2.51. The van der Waals surface area contributed by atoms with Gasteiger partial charge in [0.25, 0.3) is 15.9 Å². The van der Waals surface area contributed by atoms with Crippen LogP contribution in [0.4, 0.5) is 11.4 Å². The van der Waals surface area contributed by atoms with Gasteiger partial charge in [-0.2, -0.15) is 0 Å². The second-order valence-electron chi connectivity index (χ2n) is 6.78. The molecule has 0 bridgehead atoms. The Hall–Kier alpha value is -3.08. The number of rotatable bonds is 9. The van der Waals surface area contributed by atoms with E-state index in [0.717, 1.165) is 6.08 Å². The number of ether oxygens (including phenoxy) is 1. The maximum absolute atomic E-state index is 13.3. The van der Waals surface area contributed by atoms with Crippen molar-refractivity contribution in [1.82, 2.24) is 0 Å². The largest absolute Gasteiger partial charge is 0.452 e. The summed E-state index contributed by atoms with van der Waals surface area (Å²) in [7, 11) is -4.01. The first-order valence-corrected chi connectivity index (χ1v) is 12.6. The molecule has 1 N–H and O–H groups in total. The lowest BCUT2D eigenvalue weighted by molar-refractivity contribution is -0.142. The van der Waals surface area contributed by atoms with Crippen LogP contribution in [0.5, 0.6) is 0 Å².